The SMILES string of the molecule is O=C(c1cn(-c2ccc(F)cc2)nn1)N1CCCN2CCC[C@H]2C1. The highest BCUT2D eigenvalue weighted by molar-refractivity contribution is 5.92. The zero-order chi connectivity index (χ0) is 16.5. The number of nitrogens with zero attached hydrogens (tertiary/aromatic N) is 5. The smallest absolute Gasteiger partial charge is 0.276 e. The fraction of sp³-hybridized carbons (Fsp3) is 0.471. The second-order valence-electron chi connectivity index (χ2n) is 6.46. The Labute approximate surface area is 139 Å². The zero-order valence-electron chi connectivity index (χ0n) is 13.4. The molecule has 0 unspecified atom stereocenters. The lowest BCUT2D eigenvalue weighted by Crippen LogP contribution is -2.39. The molecule has 1 aromatic carbocycles. The van der Waals surface area contributed by atoms with Gasteiger partial charge in [-0.25, -0.2) is 9.07 Å². The van der Waals surface area contributed by atoms with Crippen LogP contribution in [-0.2, 0) is 0 Å². The Morgan fingerprint density at radius 1 is 1.12 bits per heavy atom. The van der Waals surface area contributed by atoms with Crippen LogP contribution in [0.5, 0.6) is 0 Å². The summed E-state index contributed by atoms with van der Waals surface area (Å²) in [4.78, 5) is 17.2. The van der Waals surface area contributed by atoms with Gasteiger partial charge in [0.1, 0.15) is 5.82 Å². The summed E-state index contributed by atoms with van der Waals surface area (Å²) in [7, 11) is 0. The summed E-state index contributed by atoms with van der Waals surface area (Å²) in [5, 5.41) is 8.03. The van der Waals surface area contributed by atoms with E-state index in [0.29, 0.717) is 17.4 Å². The maximum Gasteiger partial charge on any atom is 0.276 e. The monoisotopic (exact) mass is 329 g/mol. The molecule has 0 N–H and O–H groups in total. The van der Waals surface area contributed by atoms with Crippen LogP contribution in [-0.4, -0.2) is 62.9 Å². The van der Waals surface area contributed by atoms with Crippen molar-refractivity contribution < 1.29 is 9.18 Å². The number of amides is 1. The van der Waals surface area contributed by atoms with Crippen molar-refractivity contribution in [3.05, 3.63) is 42.0 Å². The molecule has 2 aliphatic rings. The summed E-state index contributed by atoms with van der Waals surface area (Å²) in [5.41, 5.74) is 1.02. The first-order valence-electron chi connectivity index (χ1n) is 8.42. The van der Waals surface area contributed by atoms with E-state index in [1.54, 1.807) is 18.3 Å². The van der Waals surface area contributed by atoms with Gasteiger partial charge < -0.3 is 4.90 Å². The third-order valence-electron chi connectivity index (χ3n) is 4.89. The fourth-order valence-electron chi connectivity index (χ4n) is 3.63. The number of halogens is 1. The van der Waals surface area contributed by atoms with Crippen molar-refractivity contribution in [3.8, 4) is 5.69 Å². The van der Waals surface area contributed by atoms with E-state index >= 15 is 0 Å². The lowest BCUT2D eigenvalue weighted by molar-refractivity contribution is 0.0737. The minimum Gasteiger partial charge on any atom is -0.336 e. The first kappa shape index (κ1) is 15.3. The maximum absolute atomic E-state index is 13.0. The van der Waals surface area contributed by atoms with Crippen LogP contribution < -0.4 is 0 Å². The van der Waals surface area contributed by atoms with Gasteiger partial charge in [0.2, 0.25) is 0 Å². The van der Waals surface area contributed by atoms with Crippen molar-refractivity contribution in [1.29, 1.82) is 0 Å². The standard InChI is InChI=1S/C17H20FN5O/c18-13-4-6-14(7-5-13)23-12-16(19-20-23)17(24)22-10-2-9-21-8-1-3-15(21)11-22/h4-7,12,15H,1-3,8-11H2/t15-/m0/s1. The number of rotatable bonds is 2. The predicted octanol–water partition coefficient (Wildman–Crippen LogP) is 1.72. The molecule has 24 heavy (non-hydrogen) atoms. The fourth-order valence-corrected chi connectivity index (χ4v) is 3.63. The van der Waals surface area contributed by atoms with Crippen LogP contribution in [0.2, 0.25) is 0 Å². The van der Waals surface area contributed by atoms with Gasteiger partial charge in [-0.05, 0) is 50.1 Å². The molecule has 1 aromatic heterocycles. The van der Waals surface area contributed by atoms with E-state index in [9.17, 15) is 9.18 Å². The molecular weight excluding hydrogens is 309 g/mol. The first-order chi connectivity index (χ1) is 11.7. The number of carbonyl (C=O) groups is 1. The van der Waals surface area contributed by atoms with Crippen molar-refractivity contribution in [3.63, 3.8) is 0 Å². The Hall–Kier alpha value is -2.28. The zero-order valence-corrected chi connectivity index (χ0v) is 13.4. The molecule has 0 bridgehead atoms. The van der Waals surface area contributed by atoms with Crippen LogP contribution in [0.1, 0.15) is 29.8 Å². The van der Waals surface area contributed by atoms with Crippen LogP contribution in [0.4, 0.5) is 4.39 Å². The first-order valence-corrected chi connectivity index (χ1v) is 8.42. The summed E-state index contributed by atoms with van der Waals surface area (Å²) in [6.45, 7) is 3.74. The van der Waals surface area contributed by atoms with Gasteiger partial charge in [-0.3, -0.25) is 9.69 Å². The summed E-state index contributed by atoms with van der Waals surface area (Å²) < 4.78 is 14.5. The maximum atomic E-state index is 13.0. The number of hydrogen-bond acceptors (Lipinski definition) is 4. The van der Waals surface area contributed by atoms with Crippen molar-refractivity contribution in [1.82, 2.24) is 24.8 Å². The molecule has 2 aliphatic heterocycles. The molecular formula is C17H20FN5O. The molecule has 7 heteroatoms. The number of hydrogen-bond donors (Lipinski definition) is 0. The number of carbonyl (C=O) groups excluding carboxylic acids is 1. The summed E-state index contributed by atoms with van der Waals surface area (Å²) >= 11 is 0. The minimum atomic E-state index is -0.305. The lowest BCUT2D eigenvalue weighted by atomic mass is 10.2. The van der Waals surface area contributed by atoms with E-state index in [1.165, 1.54) is 23.2 Å². The second-order valence-corrected chi connectivity index (χ2v) is 6.46. The van der Waals surface area contributed by atoms with Gasteiger partial charge in [0, 0.05) is 25.7 Å². The topological polar surface area (TPSA) is 54.3 Å². The average molecular weight is 329 g/mol. The highest BCUT2D eigenvalue weighted by Crippen LogP contribution is 2.22. The minimum absolute atomic E-state index is 0.0721. The predicted molar refractivity (Wildman–Crippen MR) is 86.4 cm³/mol. The molecule has 126 valence electrons. The Kier molecular flexibility index (Phi) is 4.02. The van der Waals surface area contributed by atoms with Crippen molar-refractivity contribution >= 4 is 5.91 Å². The quantitative estimate of drug-likeness (QED) is 0.842. The number of aromatic nitrogens is 3. The normalized spacial score (nSPS) is 21.5. The van der Waals surface area contributed by atoms with Gasteiger partial charge in [-0.15, -0.1) is 5.10 Å². The Balaban J connectivity index is 1.51. The van der Waals surface area contributed by atoms with E-state index in [0.717, 1.165) is 39.0 Å². The molecule has 0 spiro atoms. The van der Waals surface area contributed by atoms with Crippen LogP contribution >= 0.6 is 0 Å². The Morgan fingerprint density at radius 3 is 2.75 bits per heavy atom. The molecule has 2 fully saturated rings. The molecule has 1 amide bonds. The van der Waals surface area contributed by atoms with Crippen molar-refractivity contribution in [2.45, 2.75) is 25.3 Å². The lowest BCUT2D eigenvalue weighted by Gasteiger charge is -2.25. The molecule has 0 aliphatic carbocycles. The molecule has 6 nitrogen and oxygen atoms in total. The van der Waals surface area contributed by atoms with E-state index in [1.807, 2.05) is 4.90 Å². The Morgan fingerprint density at radius 2 is 1.92 bits per heavy atom. The van der Waals surface area contributed by atoms with Crippen molar-refractivity contribution in [2.24, 2.45) is 0 Å². The third kappa shape index (κ3) is 2.91. The van der Waals surface area contributed by atoms with Crippen LogP contribution in [0.25, 0.3) is 5.69 Å². The molecule has 1 atom stereocenters. The van der Waals surface area contributed by atoms with Crippen molar-refractivity contribution in [2.75, 3.05) is 26.2 Å². The molecule has 4 rings (SSSR count). The van der Waals surface area contributed by atoms with Gasteiger partial charge >= 0.3 is 0 Å². The second kappa shape index (κ2) is 6.32. The highest BCUT2D eigenvalue weighted by Gasteiger charge is 2.31. The summed E-state index contributed by atoms with van der Waals surface area (Å²) in [5.74, 6) is -0.377. The molecule has 0 saturated carbocycles. The molecule has 3 heterocycles. The summed E-state index contributed by atoms with van der Waals surface area (Å²) in [6, 6.07) is 6.43. The Bertz CT molecular complexity index is 729. The van der Waals surface area contributed by atoms with Gasteiger partial charge in [-0.1, -0.05) is 5.21 Å². The number of benzene rings is 1. The van der Waals surface area contributed by atoms with E-state index in [4.69, 9.17) is 0 Å². The largest absolute Gasteiger partial charge is 0.336 e. The van der Waals surface area contributed by atoms with Crippen LogP contribution in [0, 0.1) is 5.82 Å². The average Bonchev–Trinajstić information content (AvgIpc) is 3.20. The van der Waals surface area contributed by atoms with Gasteiger partial charge in [-0.2, -0.15) is 0 Å². The van der Waals surface area contributed by atoms with E-state index in [-0.39, 0.29) is 11.7 Å². The molecule has 2 aromatic rings. The molecule has 2 saturated heterocycles. The van der Waals surface area contributed by atoms with Gasteiger partial charge in [0.25, 0.3) is 5.91 Å². The van der Waals surface area contributed by atoms with Gasteiger partial charge in [0.05, 0.1) is 11.9 Å². The van der Waals surface area contributed by atoms with Gasteiger partial charge in [0.15, 0.2) is 5.69 Å². The summed E-state index contributed by atoms with van der Waals surface area (Å²) in [6.07, 6.45) is 4.99. The van der Waals surface area contributed by atoms with Crippen LogP contribution in [0.3, 0.4) is 0 Å². The number of fused-ring (bicyclic) bond motifs is 1. The van der Waals surface area contributed by atoms with Crippen LogP contribution in [0.15, 0.2) is 30.5 Å². The molecule has 0 radical (unpaired) electrons. The third-order valence-corrected chi connectivity index (χ3v) is 4.89. The highest BCUT2D eigenvalue weighted by atomic mass is 19.1. The van der Waals surface area contributed by atoms with E-state index < -0.39 is 0 Å². The van der Waals surface area contributed by atoms with E-state index in [2.05, 4.69) is 15.2 Å².